The highest BCUT2D eigenvalue weighted by molar-refractivity contribution is 5.79. The van der Waals surface area contributed by atoms with Gasteiger partial charge < -0.3 is 10.6 Å². The summed E-state index contributed by atoms with van der Waals surface area (Å²) in [6, 6.07) is 5.80. The Morgan fingerprint density at radius 3 is 3.04 bits per heavy atom. The van der Waals surface area contributed by atoms with Gasteiger partial charge in [0.2, 0.25) is 0 Å². The molecular formula is C18H25N9O. The molecule has 0 amide bonds. The fourth-order valence-corrected chi connectivity index (χ4v) is 3.42. The van der Waals surface area contributed by atoms with E-state index in [-0.39, 0.29) is 5.69 Å². The van der Waals surface area contributed by atoms with Crippen molar-refractivity contribution in [2.24, 2.45) is 4.99 Å². The fourth-order valence-electron chi connectivity index (χ4n) is 3.42. The molecule has 2 N–H and O–H groups in total. The van der Waals surface area contributed by atoms with E-state index in [9.17, 15) is 4.79 Å². The van der Waals surface area contributed by atoms with E-state index in [1.54, 1.807) is 16.3 Å². The summed E-state index contributed by atoms with van der Waals surface area (Å²) in [6.07, 6.45) is 5.79. The minimum absolute atomic E-state index is 0.0101. The molecule has 148 valence electrons. The maximum atomic E-state index is 12.3. The molecule has 3 aromatic rings. The molecule has 1 aliphatic rings. The van der Waals surface area contributed by atoms with E-state index in [0.717, 1.165) is 49.5 Å². The van der Waals surface area contributed by atoms with Gasteiger partial charge >= 0.3 is 5.69 Å². The molecule has 0 saturated carbocycles. The summed E-state index contributed by atoms with van der Waals surface area (Å²) in [5.74, 6) is 2.42. The largest absolute Gasteiger partial charge is 0.356 e. The molecule has 0 aliphatic carbocycles. The number of hydrogen-bond acceptors (Lipinski definition) is 5. The van der Waals surface area contributed by atoms with Crippen LogP contribution >= 0.6 is 0 Å². The van der Waals surface area contributed by atoms with Crippen molar-refractivity contribution in [3.63, 3.8) is 0 Å². The zero-order valence-corrected chi connectivity index (χ0v) is 16.0. The first-order chi connectivity index (χ1) is 13.8. The first-order valence-electron chi connectivity index (χ1n) is 9.66. The number of fused-ring (bicyclic) bond motifs is 2. The average molecular weight is 383 g/mol. The molecular weight excluding hydrogens is 358 g/mol. The number of aryl methyl sites for hydroxylation is 2. The second-order valence-electron chi connectivity index (χ2n) is 6.78. The number of rotatable bonds is 6. The third kappa shape index (κ3) is 3.75. The highest BCUT2D eigenvalue weighted by atomic mass is 16.2. The lowest BCUT2D eigenvalue weighted by molar-refractivity contribution is 0.509. The highest BCUT2D eigenvalue weighted by Crippen LogP contribution is 2.09. The van der Waals surface area contributed by atoms with Gasteiger partial charge in [0.05, 0.1) is 6.54 Å². The van der Waals surface area contributed by atoms with Crippen LogP contribution in [0.2, 0.25) is 0 Å². The van der Waals surface area contributed by atoms with Crippen LogP contribution in [0.1, 0.15) is 30.9 Å². The fraction of sp³-hybridized carbons (Fsp3) is 0.500. The summed E-state index contributed by atoms with van der Waals surface area (Å²) >= 11 is 0. The molecule has 4 rings (SSSR count). The molecule has 1 aliphatic heterocycles. The maximum Gasteiger partial charge on any atom is 0.345 e. The van der Waals surface area contributed by atoms with Gasteiger partial charge in [0, 0.05) is 39.3 Å². The minimum atomic E-state index is 0.0101. The minimum Gasteiger partial charge on any atom is -0.356 e. The molecule has 10 heteroatoms. The SMILES string of the molecule is CN=C(NCCCn1nc2n(c1=O)CCCC2)NCc1nnc2ccccn12. The second-order valence-corrected chi connectivity index (χ2v) is 6.78. The molecule has 0 atom stereocenters. The Morgan fingerprint density at radius 1 is 1.25 bits per heavy atom. The molecule has 28 heavy (non-hydrogen) atoms. The number of guanidine groups is 1. The number of aliphatic imine (C=N–C) groups is 1. The summed E-state index contributed by atoms with van der Waals surface area (Å²) in [5, 5.41) is 19.3. The second kappa shape index (κ2) is 8.24. The van der Waals surface area contributed by atoms with Gasteiger partial charge in [-0.2, -0.15) is 5.10 Å². The summed E-state index contributed by atoms with van der Waals surface area (Å²) in [5.41, 5.74) is 0.825. The topological polar surface area (TPSA) is 106 Å². The summed E-state index contributed by atoms with van der Waals surface area (Å²) in [4.78, 5) is 16.6. The molecule has 0 saturated heterocycles. The molecule has 10 nitrogen and oxygen atoms in total. The smallest absolute Gasteiger partial charge is 0.345 e. The number of hydrogen-bond donors (Lipinski definition) is 2. The third-order valence-corrected chi connectivity index (χ3v) is 4.89. The van der Waals surface area contributed by atoms with Gasteiger partial charge in [-0.15, -0.1) is 10.2 Å². The van der Waals surface area contributed by atoms with Crippen LogP contribution in [0.5, 0.6) is 0 Å². The predicted octanol–water partition coefficient (Wildman–Crippen LogP) is 0.179. The lowest BCUT2D eigenvalue weighted by Crippen LogP contribution is -2.38. The lowest BCUT2D eigenvalue weighted by Gasteiger charge is -2.11. The van der Waals surface area contributed by atoms with Crippen molar-refractivity contribution in [3.05, 3.63) is 46.5 Å². The van der Waals surface area contributed by atoms with E-state index in [1.165, 1.54) is 0 Å². The highest BCUT2D eigenvalue weighted by Gasteiger charge is 2.16. The van der Waals surface area contributed by atoms with E-state index in [4.69, 9.17) is 0 Å². The van der Waals surface area contributed by atoms with Crippen LogP contribution < -0.4 is 16.3 Å². The van der Waals surface area contributed by atoms with Crippen LogP contribution in [0.4, 0.5) is 0 Å². The van der Waals surface area contributed by atoms with Crippen molar-refractivity contribution < 1.29 is 0 Å². The van der Waals surface area contributed by atoms with E-state index in [1.807, 2.05) is 28.8 Å². The number of nitrogens with zero attached hydrogens (tertiary/aromatic N) is 7. The normalized spacial score (nSPS) is 14.2. The van der Waals surface area contributed by atoms with E-state index < -0.39 is 0 Å². The Labute approximate surface area is 162 Å². The van der Waals surface area contributed by atoms with Crippen LogP contribution in [0.15, 0.2) is 34.2 Å². The van der Waals surface area contributed by atoms with Gasteiger partial charge in [0.15, 0.2) is 17.4 Å². The summed E-state index contributed by atoms with van der Waals surface area (Å²) in [7, 11) is 1.73. The van der Waals surface area contributed by atoms with E-state index >= 15 is 0 Å². The Kier molecular flexibility index (Phi) is 5.36. The average Bonchev–Trinajstić information content (AvgIpc) is 3.29. The van der Waals surface area contributed by atoms with Crippen LogP contribution in [0.25, 0.3) is 5.65 Å². The molecule has 0 bridgehead atoms. The molecule has 3 aromatic heterocycles. The molecule has 0 unspecified atom stereocenters. The van der Waals surface area contributed by atoms with Crippen molar-refractivity contribution in [3.8, 4) is 0 Å². The monoisotopic (exact) mass is 383 g/mol. The van der Waals surface area contributed by atoms with Crippen LogP contribution in [-0.4, -0.2) is 48.5 Å². The van der Waals surface area contributed by atoms with Crippen molar-refractivity contribution in [1.82, 2.24) is 39.6 Å². The van der Waals surface area contributed by atoms with Crippen molar-refractivity contribution >= 4 is 11.6 Å². The molecule has 0 spiro atoms. The Morgan fingerprint density at radius 2 is 2.18 bits per heavy atom. The van der Waals surface area contributed by atoms with Crippen molar-refractivity contribution in [1.29, 1.82) is 0 Å². The summed E-state index contributed by atoms with van der Waals surface area (Å²) in [6.45, 7) is 2.59. The van der Waals surface area contributed by atoms with Gasteiger partial charge in [0.1, 0.15) is 5.82 Å². The molecule has 4 heterocycles. The van der Waals surface area contributed by atoms with E-state index in [0.29, 0.717) is 25.6 Å². The standard InChI is InChI=1S/C18H25N9O/c1-19-17(21-13-16-23-22-14-7-2-4-10-25(14)16)20-9-6-12-27-18(28)26-11-5-3-8-15(26)24-27/h2,4,7,10H,3,5-6,8-9,11-13H2,1H3,(H2,19,20,21). The van der Waals surface area contributed by atoms with E-state index in [2.05, 4.69) is 30.9 Å². The number of pyridine rings is 1. The van der Waals surface area contributed by atoms with Gasteiger partial charge in [-0.05, 0) is 31.4 Å². The lowest BCUT2D eigenvalue weighted by atomic mass is 10.2. The quantitative estimate of drug-likeness (QED) is 0.357. The zero-order valence-electron chi connectivity index (χ0n) is 16.0. The Bertz CT molecular complexity index is 1030. The number of aromatic nitrogens is 6. The Hall–Kier alpha value is -3.17. The van der Waals surface area contributed by atoms with Gasteiger partial charge in [-0.25, -0.2) is 9.48 Å². The first kappa shape index (κ1) is 18.2. The third-order valence-electron chi connectivity index (χ3n) is 4.89. The van der Waals surface area contributed by atoms with Crippen LogP contribution in [0.3, 0.4) is 0 Å². The van der Waals surface area contributed by atoms with Gasteiger partial charge in [-0.3, -0.25) is 14.0 Å². The van der Waals surface area contributed by atoms with Crippen LogP contribution in [0, 0.1) is 0 Å². The molecule has 0 radical (unpaired) electrons. The van der Waals surface area contributed by atoms with Crippen LogP contribution in [-0.2, 0) is 26.1 Å². The summed E-state index contributed by atoms with van der Waals surface area (Å²) < 4.78 is 5.33. The molecule has 0 fully saturated rings. The van der Waals surface area contributed by atoms with Gasteiger partial charge in [0.25, 0.3) is 0 Å². The van der Waals surface area contributed by atoms with Crippen molar-refractivity contribution in [2.75, 3.05) is 13.6 Å². The van der Waals surface area contributed by atoms with Crippen molar-refractivity contribution in [2.45, 2.75) is 45.3 Å². The number of nitrogens with one attached hydrogen (secondary N) is 2. The predicted molar refractivity (Wildman–Crippen MR) is 105 cm³/mol. The first-order valence-corrected chi connectivity index (χ1v) is 9.66. The maximum absolute atomic E-state index is 12.3. The molecule has 0 aromatic carbocycles. The Balaban J connectivity index is 1.26. The van der Waals surface area contributed by atoms with Gasteiger partial charge in [-0.1, -0.05) is 6.07 Å². The zero-order chi connectivity index (χ0) is 19.3.